The van der Waals surface area contributed by atoms with Gasteiger partial charge in [0.1, 0.15) is 18.0 Å². The lowest BCUT2D eigenvalue weighted by atomic mass is 10.3. The Bertz CT molecular complexity index is 762. The fraction of sp³-hybridized carbons (Fsp3) is 0.357. The topological polar surface area (TPSA) is 48.5 Å². The average molecular weight is 324 g/mol. The van der Waals surface area contributed by atoms with E-state index in [2.05, 4.69) is 19.7 Å². The number of alkyl halides is 1. The molecule has 5 nitrogen and oxygen atoms in total. The highest BCUT2D eigenvalue weighted by atomic mass is 35.5. The van der Waals surface area contributed by atoms with Gasteiger partial charge in [0.25, 0.3) is 0 Å². The van der Waals surface area contributed by atoms with Crippen LogP contribution in [-0.4, -0.2) is 30.2 Å². The Hall–Kier alpha value is -1.59. The standard InChI is InChI=1S/C14H15Cl2N5/c1-20-9-17-19-14(20)5-7-21-12-8-10(16)2-3-11(12)18-13(21)4-6-15/h2-3,8-9H,4-7H2,1H3. The third-order valence-corrected chi connectivity index (χ3v) is 3.90. The van der Waals surface area contributed by atoms with Crippen LogP contribution in [0.4, 0.5) is 0 Å². The SMILES string of the molecule is Cn1cnnc1CCn1c(CCCl)nc2ccc(Cl)cc21. The molecule has 7 heteroatoms. The average Bonchev–Trinajstić information content (AvgIpc) is 3.01. The van der Waals surface area contributed by atoms with Gasteiger partial charge in [0.05, 0.1) is 11.0 Å². The number of fused-ring (bicyclic) bond motifs is 1. The van der Waals surface area contributed by atoms with Crippen molar-refractivity contribution in [2.24, 2.45) is 7.05 Å². The van der Waals surface area contributed by atoms with Gasteiger partial charge in [-0.25, -0.2) is 4.98 Å². The molecule has 21 heavy (non-hydrogen) atoms. The Morgan fingerprint density at radius 2 is 2.05 bits per heavy atom. The lowest BCUT2D eigenvalue weighted by Gasteiger charge is -2.08. The van der Waals surface area contributed by atoms with E-state index in [1.165, 1.54) is 0 Å². The van der Waals surface area contributed by atoms with Crippen molar-refractivity contribution < 1.29 is 0 Å². The first kappa shape index (κ1) is 14.4. The van der Waals surface area contributed by atoms with Gasteiger partial charge in [0.15, 0.2) is 0 Å². The Morgan fingerprint density at radius 1 is 1.19 bits per heavy atom. The van der Waals surface area contributed by atoms with Gasteiger partial charge in [-0.15, -0.1) is 21.8 Å². The highest BCUT2D eigenvalue weighted by molar-refractivity contribution is 6.31. The minimum atomic E-state index is 0.543. The van der Waals surface area contributed by atoms with Crippen LogP contribution in [-0.2, 0) is 26.4 Å². The fourth-order valence-electron chi connectivity index (χ4n) is 2.42. The van der Waals surface area contributed by atoms with Crippen molar-refractivity contribution in [2.75, 3.05) is 5.88 Å². The van der Waals surface area contributed by atoms with Gasteiger partial charge in [0.2, 0.25) is 0 Å². The first-order valence-electron chi connectivity index (χ1n) is 6.72. The van der Waals surface area contributed by atoms with Crippen LogP contribution in [0.2, 0.25) is 5.02 Å². The van der Waals surface area contributed by atoms with Crippen LogP contribution in [0, 0.1) is 0 Å². The van der Waals surface area contributed by atoms with Crippen LogP contribution in [0.1, 0.15) is 11.6 Å². The van der Waals surface area contributed by atoms with E-state index < -0.39 is 0 Å². The number of aromatic nitrogens is 5. The van der Waals surface area contributed by atoms with E-state index >= 15 is 0 Å². The Balaban J connectivity index is 1.96. The number of halogens is 2. The minimum Gasteiger partial charge on any atom is -0.327 e. The first-order valence-corrected chi connectivity index (χ1v) is 7.64. The summed E-state index contributed by atoms with van der Waals surface area (Å²) in [6.07, 6.45) is 3.22. The van der Waals surface area contributed by atoms with Gasteiger partial charge in [-0.3, -0.25) is 0 Å². The predicted octanol–water partition coefficient (Wildman–Crippen LogP) is 2.84. The minimum absolute atomic E-state index is 0.543. The van der Waals surface area contributed by atoms with Crippen LogP contribution < -0.4 is 0 Å². The lowest BCUT2D eigenvalue weighted by Crippen LogP contribution is -2.09. The quantitative estimate of drug-likeness (QED) is 0.678. The number of rotatable bonds is 5. The Kier molecular flexibility index (Phi) is 4.12. The van der Waals surface area contributed by atoms with Gasteiger partial charge in [0, 0.05) is 37.3 Å². The maximum Gasteiger partial charge on any atom is 0.134 e. The highest BCUT2D eigenvalue weighted by Crippen LogP contribution is 2.21. The molecule has 0 amide bonds. The molecule has 3 aromatic rings. The number of benzene rings is 1. The molecule has 0 N–H and O–H groups in total. The van der Waals surface area contributed by atoms with Gasteiger partial charge in [-0.1, -0.05) is 11.6 Å². The summed E-state index contributed by atoms with van der Waals surface area (Å²) < 4.78 is 4.09. The zero-order valence-corrected chi connectivity index (χ0v) is 13.1. The summed E-state index contributed by atoms with van der Waals surface area (Å²) in [6.45, 7) is 0.773. The zero-order valence-electron chi connectivity index (χ0n) is 11.6. The Labute approximate surface area is 132 Å². The van der Waals surface area contributed by atoms with Gasteiger partial charge in [-0.2, -0.15) is 0 Å². The van der Waals surface area contributed by atoms with Crippen LogP contribution in [0.25, 0.3) is 11.0 Å². The van der Waals surface area contributed by atoms with Crippen molar-refractivity contribution in [3.63, 3.8) is 0 Å². The van der Waals surface area contributed by atoms with Gasteiger partial charge < -0.3 is 9.13 Å². The van der Waals surface area contributed by atoms with Crippen molar-refractivity contribution in [2.45, 2.75) is 19.4 Å². The maximum atomic E-state index is 6.11. The molecule has 0 atom stereocenters. The number of hydrogen-bond donors (Lipinski definition) is 0. The predicted molar refractivity (Wildman–Crippen MR) is 83.9 cm³/mol. The van der Waals surface area contributed by atoms with Crippen molar-refractivity contribution in [1.82, 2.24) is 24.3 Å². The van der Waals surface area contributed by atoms with Crippen LogP contribution in [0.15, 0.2) is 24.5 Å². The third kappa shape index (κ3) is 2.89. The van der Waals surface area contributed by atoms with E-state index in [9.17, 15) is 0 Å². The number of aryl methyl sites for hydroxylation is 4. The summed E-state index contributed by atoms with van der Waals surface area (Å²) in [5.74, 6) is 2.46. The molecule has 0 saturated heterocycles. The van der Waals surface area contributed by atoms with Crippen molar-refractivity contribution >= 4 is 34.2 Å². The molecule has 0 unspecified atom stereocenters. The summed E-state index contributed by atoms with van der Waals surface area (Å²) in [4.78, 5) is 4.64. The summed E-state index contributed by atoms with van der Waals surface area (Å²) in [5, 5.41) is 8.73. The van der Waals surface area contributed by atoms with E-state index in [0.29, 0.717) is 10.9 Å². The van der Waals surface area contributed by atoms with Gasteiger partial charge in [-0.05, 0) is 18.2 Å². The second-order valence-corrected chi connectivity index (χ2v) is 5.67. The molecule has 0 aliphatic heterocycles. The molecule has 3 rings (SSSR count). The monoisotopic (exact) mass is 323 g/mol. The van der Waals surface area contributed by atoms with E-state index in [-0.39, 0.29) is 0 Å². The van der Waals surface area contributed by atoms with E-state index in [1.807, 2.05) is 29.8 Å². The number of hydrogen-bond acceptors (Lipinski definition) is 3. The summed E-state index contributed by atoms with van der Waals surface area (Å²) in [7, 11) is 1.94. The fourth-order valence-corrected chi connectivity index (χ4v) is 2.75. The largest absolute Gasteiger partial charge is 0.327 e. The summed E-state index contributed by atoms with van der Waals surface area (Å²) >= 11 is 12.0. The van der Waals surface area contributed by atoms with Crippen LogP contribution in [0.3, 0.4) is 0 Å². The molecule has 2 aromatic heterocycles. The van der Waals surface area contributed by atoms with Crippen LogP contribution >= 0.6 is 23.2 Å². The van der Waals surface area contributed by atoms with E-state index in [0.717, 1.165) is 42.1 Å². The second kappa shape index (κ2) is 6.03. The first-order chi connectivity index (χ1) is 10.2. The van der Waals surface area contributed by atoms with Crippen molar-refractivity contribution in [3.8, 4) is 0 Å². The third-order valence-electron chi connectivity index (χ3n) is 3.47. The molecule has 0 bridgehead atoms. The lowest BCUT2D eigenvalue weighted by molar-refractivity contribution is 0.637. The molecule has 1 aromatic carbocycles. The maximum absolute atomic E-state index is 6.11. The van der Waals surface area contributed by atoms with Crippen molar-refractivity contribution in [1.29, 1.82) is 0 Å². The smallest absolute Gasteiger partial charge is 0.134 e. The van der Waals surface area contributed by atoms with Crippen LogP contribution in [0.5, 0.6) is 0 Å². The molecule has 0 aliphatic rings. The molecule has 2 heterocycles. The Morgan fingerprint density at radius 3 is 2.76 bits per heavy atom. The number of imidazole rings is 1. The molecular formula is C14H15Cl2N5. The molecule has 0 spiro atoms. The molecule has 0 saturated carbocycles. The normalized spacial score (nSPS) is 11.4. The summed E-state index contributed by atoms with van der Waals surface area (Å²) in [6, 6.07) is 5.74. The van der Waals surface area contributed by atoms with Crippen molar-refractivity contribution in [3.05, 3.63) is 41.2 Å². The molecule has 0 radical (unpaired) electrons. The molecule has 0 fully saturated rings. The van der Waals surface area contributed by atoms with Gasteiger partial charge >= 0.3 is 0 Å². The van der Waals surface area contributed by atoms with E-state index in [1.54, 1.807) is 6.33 Å². The molecule has 110 valence electrons. The molecule has 0 aliphatic carbocycles. The second-order valence-electron chi connectivity index (χ2n) is 4.86. The summed E-state index contributed by atoms with van der Waals surface area (Å²) in [5.41, 5.74) is 1.97. The van der Waals surface area contributed by atoms with E-state index in [4.69, 9.17) is 23.2 Å². The zero-order chi connectivity index (χ0) is 14.8. The highest BCUT2D eigenvalue weighted by Gasteiger charge is 2.12. The number of nitrogens with zero attached hydrogens (tertiary/aromatic N) is 5. The molecular weight excluding hydrogens is 309 g/mol.